The SMILES string of the molecule is CCCc1c[nH]c2cc(Cl)c(OCC)cc12. The van der Waals surface area contributed by atoms with E-state index in [0.717, 1.165) is 24.1 Å². The van der Waals surface area contributed by atoms with Gasteiger partial charge in [0.05, 0.1) is 11.6 Å². The van der Waals surface area contributed by atoms with Gasteiger partial charge in [0.1, 0.15) is 5.75 Å². The summed E-state index contributed by atoms with van der Waals surface area (Å²) in [5, 5.41) is 1.88. The van der Waals surface area contributed by atoms with Gasteiger partial charge in [-0.15, -0.1) is 0 Å². The first-order valence-electron chi connectivity index (χ1n) is 5.68. The second kappa shape index (κ2) is 4.79. The fraction of sp³-hybridized carbons (Fsp3) is 0.385. The van der Waals surface area contributed by atoms with Crippen LogP contribution >= 0.6 is 11.6 Å². The second-order valence-corrected chi connectivity index (χ2v) is 4.23. The van der Waals surface area contributed by atoms with Gasteiger partial charge in [-0.2, -0.15) is 0 Å². The van der Waals surface area contributed by atoms with Crippen LogP contribution in [-0.2, 0) is 6.42 Å². The van der Waals surface area contributed by atoms with Gasteiger partial charge in [-0.25, -0.2) is 0 Å². The normalized spacial score (nSPS) is 10.9. The maximum atomic E-state index is 6.12. The summed E-state index contributed by atoms with van der Waals surface area (Å²) in [5.74, 6) is 0.772. The molecule has 16 heavy (non-hydrogen) atoms. The highest BCUT2D eigenvalue weighted by Crippen LogP contribution is 2.31. The molecule has 0 amide bonds. The first-order valence-corrected chi connectivity index (χ1v) is 6.06. The average Bonchev–Trinajstić information content (AvgIpc) is 2.63. The smallest absolute Gasteiger partial charge is 0.138 e. The maximum absolute atomic E-state index is 6.12. The van der Waals surface area contributed by atoms with E-state index in [1.807, 2.05) is 19.1 Å². The van der Waals surface area contributed by atoms with E-state index >= 15 is 0 Å². The molecule has 2 nitrogen and oxygen atoms in total. The molecular weight excluding hydrogens is 222 g/mol. The van der Waals surface area contributed by atoms with Crippen molar-refractivity contribution in [3.05, 3.63) is 28.9 Å². The zero-order valence-corrected chi connectivity index (χ0v) is 10.4. The lowest BCUT2D eigenvalue weighted by molar-refractivity contribution is 0.341. The van der Waals surface area contributed by atoms with Crippen LogP contribution in [0.1, 0.15) is 25.8 Å². The lowest BCUT2D eigenvalue weighted by Crippen LogP contribution is -1.92. The lowest BCUT2D eigenvalue weighted by atomic mass is 10.1. The summed E-state index contributed by atoms with van der Waals surface area (Å²) in [5.41, 5.74) is 2.41. The molecule has 0 bridgehead atoms. The third kappa shape index (κ3) is 2.03. The Hall–Kier alpha value is -1.15. The van der Waals surface area contributed by atoms with Crippen LogP contribution in [0.5, 0.6) is 5.75 Å². The number of hydrogen-bond acceptors (Lipinski definition) is 1. The summed E-state index contributed by atoms with van der Waals surface area (Å²) < 4.78 is 5.50. The third-order valence-corrected chi connectivity index (χ3v) is 2.93. The van der Waals surface area contributed by atoms with Crippen LogP contribution in [0.2, 0.25) is 5.02 Å². The molecule has 0 saturated carbocycles. The maximum Gasteiger partial charge on any atom is 0.138 e. The van der Waals surface area contributed by atoms with Gasteiger partial charge in [-0.1, -0.05) is 24.9 Å². The highest BCUT2D eigenvalue weighted by molar-refractivity contribution is 6.32. The zero-order valence-electron chi connectivity index (χ0n) is 9.64. The van der Waals surface area contributed by atoms with Gasteiger partial charge in [0, 0.05) is 17.1 Å². The first kappa shape index (κ1) is 11.3. The van der Waals surface area contributed by atoms with Crippen molar-refractivity contribution in [2.75, 3.05) is 6.61 Å². The number of aromatic amines is 1. The van der Waals surface area contributed by atoms with E-state index in [0.29, 0.717) is 11.6 Å². The van der Waals surface area contributed by atoms with Crippen molar-refractivity contribution in [3.63, 3.8) is 0 Å². The summed E-state index contributed by atoms with van der Waals surface area (Å²) >= 11 is 6.12. The van der Waals surface area contributed by atoms with Crippen LogP contribution < -0.4 is 4.74 Å². The van der Waals surface area contributed by atoms with E-state index in [-0.39, 0.29) is 0 Å². The molecule has 1 heterocycles. The lowest BCUT2D eigenvalue weighted by Gasteiger charge is -2.06. The summed E-state index contributed by atoms with van der Waals surface area (Å²) in [7, 11) is 0. The summed E-state index contributed by atoms with van der Waals surface area (Å²) in [6.45, 7) is 4.78. The molecular formula is C13H16ClNO. The number of aromatic nitrogens is 1. The van der Waals surface area contributed by atoms with Gasteiger partial charge in [-0.3, -0.25) is 0 Å². The Bertz CT molecular complexity index is 490. The molecule has 0 aliphatic rings. The predicted molar refractivity (Wildman–Crippen MR) is 68.5 cm³/mol. The number of rotatable bonds is 4. The van der Waals surface area contributed by atoms with Crippen LogP contribution in [0.3, 0.4) is 0 Å². The number of fused-ring (bicyclic) bond motifs is 1. The fourth-order valence-electron chi connectivity index (χ4n) is 1.92. The molecule has 1 N–H and O–H groups in total. The Morgan fingerprint density at radius 3 is 2.81 bits per heavy atom. The number of benzene rings is 1. The van der Waals surface area contributed by atoms with Crippen LogP contribution in [0.15, 0.2) is 18.3 Å². The Balaban J connectivity index is 2.50. The second-order valence-electron chi connectivity index (χ2n) is 3.83. The molecule has 2 aromatic rings. The van der Waals surface area contributed by atoms with Crippen molar-refractivity contribution in [3.8, 4) is 5.75 Å². The van der Waals surface area contributed by atoms with Gasteiger partial charge in [0.25, 0.3) is 0 Å². The standard InChI is InChI=1S/C13H16ClNO/c1-3-5-9-8-15-12-7-11(14)13(16-4-2)6-10(9)12/h6-8,15H,3-5H2,1-2H3. The number of H-pyrrole nitrogens is 1. The Labute approximate surface area is 101 Å². The topological polar surface area (TPSA) is 25.0 Å². The van der Waals surface area contributed by atoms with Crippen LogP contribution in [0, 0.1) is 0 Å². The van der Waals surface area contributed by atoms with Crippen molar-refractivity contribution in [2.45, 2.75) is 26.7 Å². The quantitative estimate of drug-likeness (QED) is 0.848. The molecule has 0 atom stereocenters. The van der Waals surface area contributed by atoms with Crippen molar-refractivity contribution in [1.29, 1.82) is 0 Å². The van der Waals surface area contributed by atoms with E-state index in [1.54, 1.807) is 0 Å². The van der Waals surface area contributed by atoms with E-state index in [4.69, 9.17) is 16.3 Å². The fourth-order valence-corrected chi connectivity index (χ4v) is 2.14. The monoisotopic (exact) mass is 237 g/mol. The number of aryl methyl sites for hydroxylation is 1. The van der Waals surface area contributed by atoms with Crippen molar-refractivity contribution >= 4 is 22.5 Å². The van der Waals surface area contributed by atoms with E-state index in [9.17, 15) is 0 Å². The Kier molecular flexibility index (Phi) is 3.39. The molecule has 1 aromatic heterocycles. The number of halogens is 1. The van der Waals surface area contributed by atoms with E-state index in [2.05, 4.69) is 18.1 Å². The van der Waals surface area contributed by atoms with E-state index < -0.39 is 0 Å². The molecule has 0 unspecified atom stereocenters. The number of ether oxygens (including phenoxy) is 1. The van der Waals surface area contributed by atoms with Crippen molar-refractivity contribution in [1.82, 2.24) is 4.98 Å². The van der Waals surface area contributed by atoms with Gasteiger partial charge in [-0.05, 0) is 31.0 Å². The summed E-state index contributed by atoms with van der Waals surface area (Å²) in [4.78, 5) is 3.24. The predicted octanol–water partition coefficient (Wildman–Crippen LogP) is 4.17. The van der Waals surface area contributed by atoms with Crippen LogP contribution in [0.25, 0.3) is 10.9 Å². The Morgan fingerprint density at radius 1 is 1.31 bits per heavy atom. The van der Waals surface area contributed by atoms with E-state index in [1.165, 1.54) is 10.9 Å². The summed E-state index contributed by atoms with van der Waals surface area (Å²) in [6.07, 6.45) is 4.27. The molecule has 3 heteroatoms. The minimum atomic E-state index is 0.638. The Morgan fingerprint density at radius 2 is 2.12 bits per heavy atom. The van der Waals surface area contributed by atoms with Crippen LogP contribution in [0.4, 0.5) is 0 Å². The van der Waals surface area contributed by atoms with Gasteiger partial charge in [0.15, 0.2) is 0 Å². The highest BCUT2D eigenvalue weighted by atomic mass is 35.5. The third-order valence-electron chi connectivity index (χ3n) is 2.64. The van der Waals surface area contributed by atoms with Crippen molar-refractivity contribution in [2.24, 2.45) is 0 Å². The van der Waals surface area contributed by atoms with Gasteiger partial charge < -0.3 is 9.72 Å². The zero-order chi connectivity index (χ0) is 11.5. The molecule has 86 valence electrons. The largest absolute Gasteiger partial charge is 0.492 e. The molecule has 0 aliphatic heterocycles. The minimum absolute atomic E-state index is 0.638. The van der Waals surface area contributed by atoms with Crippen LogP contribution in [-0.4, -0.2) is 11.6 Å². The minimum Gasteiger partial charge on any atom is -0.492 e. The molecule has 0 saturated heterocycles. The number of hydrogen-bond donors (Lipinski definition) is 1. The highest BCUT2D eigenvalue weighted by Gasteiger charge is 2.08. The number of nitrogens with one attached hydrogen (secondary N) is 1. The van der Waals surface area contributed by atoms with Gasteiger partial charge in [0.2, 0.25) is 0 Å². The van der Waals surface area contributed by atoms with Gasteiger partial charge >= 0.3 is 0 Å². The molecule has 0 spiro atoms. The van der Waals surface area contributed by atoms with Crippen molar-refractivity contribution < 1.29 is 4.74 Å². The molecule has 1 aromatic carbocycles. The molecule has 0 radical (unpaired) electrons. The summed E-state index contributed by atoms with van der Waals surface area (Å²) in [6, 6.07) is 3.96. The molecule has 0 aliphatic carbocycles. The molecule has 0 fully saturated rings. The first-order chi connectivity index (χ1) is 7.76. The molecule has 2 rings (SSSR count). The average molecular weight is 238 g/mol.